The number of aromatic nitrogens is 2. The molecule has 0 bridgehead atoms. The SMILES string of the molecule is CN1CCCC1c1cc(C(=O)N2CCC(O)CC(C)(C)C2)n[nH]1. The summed E-state index contributed by atoms with van der Waals surface area (Å²) in [5.41, 5.74) is 1.45. The molecule has 1 amide bonds. The summed E-state index contributed by atoms with van der Waals surface area (Å²) in [7, 11) is 2.11. The van der Waals surface area contributed by atoms with Crippen molar-refractivity contribution in [1.29, 1.82) is 0 Å². The molecule has 1 aromatic rings. The van der Waals surface area contributed by atoms with Crippen molar-refractivity contribution in [1.82, 2.24) is 20.0 Å². The van der Waals surface area contributed by atoms with Crippen LogP contribution in [-0.4, -0.2) is 63.8 Å². The minimum absolute atomic E-state index is 0.0321. The fourth-order valence-corrected chi connectivity index (χ4v) is 3.96. The Labute approximate surface area is 137 Å². The van der Waals surface area contributed by atoms with Gasteiger partial charge in [-0.3, -0.25) is 14.8 Å². The van der Waals surface area contributed by atoms with Crippen LogP contribution in [0, 0.1) is 5.41 Å². The molecule has 2 aliphatic heterocycles. The van der Waals surface area contributed by atoms with Crippen molar-refractivity contribution in [2.24, 2.45) is 5.41 Å². The number of nitrogens with zero attached hydrogens (tertiary/aromatic N) is 3. The van der Waals surface area contributed by atoms with Crippen LogP contribution in [0.3, 0.4) is 0 Å². The van der Waals surface area contributed by atoms with E-state index in [9.17, 15) is 9.90 Å². The standard InChI is InChI=1S/C17H28N4O2/c1-17(2)10-12(22)6-8-21(11-17)16(23)14-9-13(18-19-14)15-5-4-7-20(15)3/h9,12,15,22H,4-8,10-11H2,1-3H3,(H,18,19). The van der Waals surface area contributed by atoms with Gasteiger partial charge in [0.05, 0.1) is 17.8 Å². The molecular formula is C17H28N4O2. The number of aliphatic hydroxyl groups excluding tert-OH is 1. The molecule has 6 nitrogen and oxygen atoms in total. The largest absolute Gasteiger partial charge is 0.393 e. The molecule has 2 atom stereocenters. The maximum absolute atomic E-state index is 12.8. The van der Waals surface area contributed by atoms with Gasteiger partial charge in [0.25, 0.3) is 5.91 Å². The van der Waals surface area contributed by atoms with Gasteiger partial charge in [-0.05, 0) is 50.8 Å². The highest BCUT2D eigenvalue weighted by Crippen LogP contribution is 2.31. The highest BCUT2D eigenvalue weighted by molar-refractivity contribution is 5.92. The average Bonchev–Trinajstić information content (AvgIpc) is 3.07. The summed E-state index contributed by atoms with van der Waals surface area (Å²) >= 11 is 0. The molecule has 1 aromatic heterocycles. The summed E-state index contributed by atoms with van der Waals surface area (Å²) in [4.78, 5) is 16.9. The number of amides is 1. The number of carbonyl (C=O) groups excluding carboxylic acids is 1. The Bertz CT molecular complexity index is 569. The van der Waals surface area contributed by atoms with E-state index < -0.39 is 0 Å². The summed E-state index contributed by atoms with van der Waals surface area (Å²) in [5, 5.41) is 17.3. The zero-order chi connectivity index (χ0) is 16.6. The normalized spacial score (nSPS) is 28.8. The lowest BCUT2D eigenvalue weighted by Gasteiger charge is -2.29. The van der Waals surface area contributed by atoms with E-state index in [1.165, 1.54) is 6.42 Å². The van der Waals surface area contributed by atoms with Crippen LogP contribution in [0.1, 0.15) is 61.8 Å². The van der Waals surface area contributed by atoms with Crippen LogP contribution in [-0.2, 0) is 0 Å². The highest BCUT2D eigenvalue weighted by Gasteiger charge is 2.33. The van der Waals surface area contributed by atoms with E-state index in [-0.39, 0.29) is 17.4 Å². The Kier molecular flexibility index (Phi) is 4.47. The van der Waals surface area contributed by atoms with Gasteiger partial charge in [-0.1, -0.05) is 13.8 Å². The lowest BCUT2D eigenvalue weighted by Crippen LogP contribution is -2.37. The molecule has 0 aromatic carbocycles. The number of carbonyl (C=O) groups is 1. The van der Waals surface area contributed by atoms with Crippen LogP contribution < -0.4 is 0 Å². The number of likely N-dealkylation sites (tertiary alicyclic amines) is 2. The number of rotatable bonds is 2. The van der Waals surface area contributed by atoms with Gasteiger partial charge in [-0.2, -0.15) is 5.10 Å². The second-order valence-electron chi connectivity index (χ2n) is 7.88. The van der Waals surface area contributed by atoms with Gasteiger partial charge >= 0.3 is 0 Å². The van der Waals surface area contributed by atoms with Crippen LogP contribution >= 0.6 is 0 Å². The third-order valence-corrected chi connectivity index (χ3v) is 5.12. The van der Waals surface area contributed by atoms with Crippen molar-refractivity contribution in [3.8, 4) is 0 Å². The molecule has 2 N–H and O–H groups in total. The minimum atomic E-state index is -0.329. The molecule has 0 aliphatic carbocycles. The molecule has 2 fully saturated rings. The predicted molar refractivity (Wildman–Crippen MR) is 88.1 cm³/mol. The van der Waals surface area contributed by atoms with Gasteiger partial charge in [0.15, 0.2) is 0 Å². The monoisotopic (exact) mass is 320 g/mol. The summed E-state index contributed by atoms with van der Waals surface area (Å²) in [6.45, 7) is 6.55. The van der Waals surface area contributed by atoms with Crippen molar-refractivity contribution in [2.75, 3.05) is 26.7 Å². The molecule has 0 spiro atoms. The van der Waals surface area contributed by atoms with Gasteiger partial charge < -0.3 is 10.0 Å². The van der Waals surface area contributed by atoms with E-state index in [1.807, 2.05) is 11.0 Å². The molecule has 23 heavy (non-hydrogen) atoms. The fourth-order valence-electron chi connectivity index (χ4n) is 3.96. The van der Waals surface area contributed by atoms with Gasteiger partial charge in [-0.25, -0.2) is 0 Å². The van der Waals surface area contributed by atoms with E-state index in [2.05, 4.69) is 36.0 Å². The van der Waals surface area contributed by atoms with Gasteiger partial charge in [-0.15, -0.1) is 0 Å². The molecule has 3 rings (SSSR count). The first kappa shape index (κ1) is 16.5. The Morgan fingerprint density at radius 1 is 1.39 bits per heavy atom. The van der Waals surface area contributed by atoms with E-state index in [0.717, 1.165) is 25.1 Å². The first-order valence-electron chi connectivity index (χ1n) is 8.59. The number of aromatic amines is 1. The third kappa shape index (κ3) is 3.58. The highest BCUT2D eigenvalue weighted by atomic mass is 16.3. The molecule has 6 heteroatoms. The molecule has 2 aliphatic rings. The van der Waals surface area contributed by atoms with Crippen LogP contribution in [0.5, 0.6) is 0 Å². The number of hydrogen-bond acceptors (Lipinski definition) is 4. The lowest BCUT2D eigenvalue weighted by atomic mass is 9.87. The third-order valence-electron chi connectivity index (χ3n) is 5.12. The van der Waals surface area contributed by atoms with Gasteiger partial charge in [0.1, 0.15) is 5.69 Å². The van der Waals surface area contributed by atoms with Crippen molar-refractivity contribution < 1.29 is 9.90 Å². The zero-order valence-electron chi connectivity index (χ0n) is 14.4. The van der Waals surface area contributed by atoms with Gasteiger partial charge in [0.2, 0.25) is 0 Å². The fraction of sp³-hybridized carbons (Fsp3) is 0.765. The maximum atomic E-state index is 12.8. The summed E-state index contributed by atoms with van der Waals surface area (Å²) in [6.07, 6.45) is 3.33. The number of nitrogens with one attached hydrogen (secondary N) is 1. The quantitative estimate of drug-likeness (QED) is 0.871. The van der Waals surface area contributed by atoms with Crippen LogP contribution in [0.25, 0.3) is 0 Å². The molecular weight excluding hydrogens is 292 g/mol. The molecule has 128 valence electrons. The minimum Gasteiger partial charge on any atom is -0.393 e. The van der Waals surface area contributed by atoms with E-state index in [4.69, 9.17) is 0 Å². The molecule has 2 unspecified atom stereocenters. The number of hydrogen-bond donors (Lipinski definition) is 2. The second kappa shape index (κ2) is 6.24. The smallest absolute Gasteiger partial charge is 0.274 e. The van der Waals surface area contributed by atoms with Crippen molar-refractivity contribution in [2.45, 2.75) is 51.7 Å². The van der Waals surface area contributed by atoms with E-state index >= 15 is 0 Å². The number of H-pyrrole nitrogens is 1. The predicted octanol–water partition coefficient (Wildman–Crippen LogP) is 1.80. The summed E-state index contributed by atoms with van der Waals surface area (Å²) in [5.74, 6) is -0.0321. The van der Waals surface area contributed by atoms with Crippen molar-refractivity contribution in [3.05, 3.63) is 17.5 Å². The van der Waals surface area contributed by atoms with Gasteiger partial charge in [0, 0.05) is 13.1 Å². The van der Waals surface area contributed by atoms with E-state index in [1.54, 1.807) is 0 Å². The second-order valence-corrected chi connectivity index (χ2v) is 7.88. The van der Waals surface area contributed by atoms with Crippen LogP contribution in [0.2, 0.25) is 0 Å². The Morgan fingerprint density at radius 2 is 2.17 bits per heavy atom. The van der Waals surface area contributed by atoms with Crippen molar-refractivity contribution >= 4 is 5.91 Å². The Morgan fingerprint density at radius 3 is 2.87 bits per heavy atom. The molecule has 0 radical (unpaired) electrons. The van der Waals surface area contributed by atoms with Crippen molar-refractivity contribution in [3.63, 3.8) is 0 Å². The average molecular weight is 320 g/mol. The van der Waals surface area contributed by atoms with Crippen LogP contribution in [0.4, 0.5) is 0 Å². The summed E-state index contributed by atoms with van der Waals surface area (Å²) < 4.78 is 0. The first-order valence-corrected chi connectivity index (χ1v) is 8.59. The Balaban J connectivity index is 1.74. The van der Waals surface area contributed by atoms with Crippen LogP contribution in [0.15, 0.2) is 6.07 Å². The topological polar surface area (TPSA) is 72.5 Å². The van der Waals surface area contributed by atoms with E-state index in [0.29, 0.717) is 31.2 Å². The lowest BCUT2D eigenvalue weighted by molar-refractivity contribution is 0.0699. The molecule has 2 saturated heterocycles. The zero-order valence-corrected chi connectivity index (χ0v) is 14.4. The molecule has 3 heterocycles. The summed E-state index contributed by atoms with van der Waals surface area (Å²) in [6, 6.07) is 2.25. The Hall–Kier alpha value is -1.40. The first-order chi connectivity index (χ1) is 10.9. The number of aliphatic hydroxyl groups is 1. The molecule has 0 saturated carbocycles. The maximum Gasteiger partial charge on any atom is 0.274 e.